The minimum Gasteiger partial charge on any atom is -0.396 e. The van der Waals surface area contributed by atoms with Crippen molar-refractivity contribution >= 4 is 17.2 Å². The quantitative estimate of drug-likeness (QED) is 0.602. The smallest absolute Gasteiger partial charge is 0.244 e. The van der Waals surface area contributed by atoms with E-state index in [0.717, 1.165) is 4.88 Å². The molecule has 92 valence electrons. The number of nitrogens with one attached hydrogen (secondary N) is 1. The number of hydrogen-bond donors (Lipinski definition) is 2. The Balaban J connectivity index is 2.58. The third-order valence-corrected chi connectivity index (χ3v) is 3.16. The van der Waals surface area contributed by atoms with Crippen molar-refractivity contribution in [3.8, 4) is 0 Å². The van der Waals surface area contributed by atoms with Crippen molar-refractivity contribution in [2.45, 2.75) is 19.4 Å². The van der Waals surface area contributed by atoms with E-state index in [1.807, 2.05) is 30.5 Å². The fourth-order valence-corrected chi connectivity index (χ4v) is 2.19. The Morgan fingerprint density at radius 1 is 1.59 bits per heavy atom. The summed E-state index contributed by atoms with van der Waals surface area (Å²) in [7, 11) is 0. The van der Waals surface area contributed by atoms with Gasteiger partial charge in [-0.2, -0.15) is 0 Å². The molecule has 0 aliphatic carbocycles. The van der Waals surface area contributed by atoms with Gasteiger partial charge in [-0.25, -0.2) is 0 Å². The van der Waals surface area contributed by atoms with Crippen LogP contribution in [-0.4, -0.2) is 17.6 Å². The van der Waals surface area contributed by atoms with Crippen LogP contribution in [0.1, 0.15) is 24.3 Å². The third-order valence-electron chi connectivity index (χ3n) is 2.17. The number of aliphatic hydroxyl groups excluding tert-OH is 1. The van der Waals surface area contributed by atoms with E-state index in [9.17, 15) is 4.79 Å². The van der Waals surface area contributed by atoms with E-state index in [-0.39, 0.29) is 18.6 Å². The monoisotopic (exact) mass is 251 g/mol. The van der Waals surface area contributed by atoms with Crippen molar-refractivity contribution in [3.63, 3.8) is 0 Å². The molecule has 1 amide bonds. The lowest BCUT2D eigenvalue weighted by Crippen LogP contribution is -2.27. The molecule has 17 heavy (non-hydrogen) atoms. The molecule has 1 aromatic rings. The van der Waals surface area contributed by atoms with Gasteiger partial charge in [-0.05, 0) is 24.8 Å². The van der Waals surface area contributed by atoms with Crippen LogP contribution in [0.25, 0.3) is 0 Å². The second-order valence-corrected chi connectivity index (χ2v) is 4.45. The summed E-state index contributed by atoms with van der Waals surface area (Å²) in [5.41, 5.74) is 0. The molecular weight excluding hydrogens is 234 g/mol. The van der Waals surface area contributed by atoms with Crippen molar-refractivity contribution in [2.24, 2.45) is 0 Å². The van der Waals surface area contributed by atoms with Crippen LogP contribution in [0.4, 0.5) is 0 Å². The fraction of sp³-hybridized carbons (Fsp3) is 0.308. The minimum absolute atomic E-state index is 0.0570. The van der Waals surface area contributed by atoms with Gasteiger partial charge in [0.05, 0.1) is 6.04 Å². The highest BCUT2D eigenvalue weighted by Gasteiger charge is 2.13. The van der Waals surface area contributed by atoms with Crippen LogP contribution >= 0.6 is 11.3 Å². The summed E-state index contributed by atoms with van der Waals surface area (Å²) in [6.07, 6.45) is 7.36. The van der Waals surface area contributed by atoms with E-state index in [4.69, 9.17) is 5.11 Å². The predicted molar refractivity (Wildman–Crippen MR) is 70.9 cm³/mol. The van der Waals surface area contributed by atoms with Gasteiger partial charge in [0.2, 0.25) is 5.91 Å². The summed E-state index contributed by atoms with van der Waals surface area (Å²) in [4.78, 5) is 12.7. The van der Waals surface area contributed by atoms with Crippen LogP contribution in [0.3, 0.4) is 0 Å². The van der Waals surface area contributed by atoms with Gasteiger partial charge in [0, 0.05) is 17.6 Å². The zero-order valence-corrected chi connectivity index (χ0v) is 10.6. The first-order valence-electron chi connectivity index (χ1n) is 5.52. The maximum Gasteiger partial charge on any atom is 0.244 e. The van der Waals surface area contributed by atoms with Gasteiger partial charge in [0.1, 0.15) is 0 Å². The molecule has 0 saturated heterocycles. The van der Waals surface area contributed by atoms with Gasteiger partial charge in [-0.3, -0.25) is 4.79 Å². The van der Waals surface area contributed by atoms with E-state index >= 15 is 0 Å². The molecule has 0 spiro atoms. The molecule has 1 aromatic heterocycles. The minimum atomic E-state index is -0.144. The number of carbonyl (C=O) groups is 1. The molecular formula is C13H17NO2S. The van der Waals surface area contributed by atoms with Gasteiger partial charge < -0.3 is 10.4 Å². The molecule has 0 aliphatic rings. The molecule has 1 rings (SSSR count). The second-order valence-electron chi connectivity index (χ2n) is 3.47. The standard InChI is InChI=1S/C13H17NO2S/c1-2-3-4-7-13(16)14-11(8-9-15)12-6-5-10-17-12/h2-7,10-11,15H,8-9H2,1H3,(H,14,16)/b3-2+,7-4+. The zero-order chi connectivity index (χ0) is 12.5. The van der Waals surface area contributed by atoms with Crippen LogP contribution < -0.4 is 5.32 Å². The lowest BCUT2D eigenvalue weighted by molar-refractivity contribution is -0.117. The van der Waals surface area contributed by atoms with Gasteiger partial charge >= 0.3 is 0 Å². The molecule has 0 fully saturated rings. The molecule has 0 aromatic carbocycles. The van der Waals surface area contributed by atoms with Crippen LogP contribution in [0.5, 0.6) is 0 Å². The first-order chi connectivity index (χ1) is 8.27. The summed E-state index contributed by atoms with van der Waals surface area (Å²) in [5.74, 6) is -0.144. The number of hydrogen-bond acceptors (Lipinski definition) is 3. The van der Waals surface area contributed by atoms with E-state index in [1.165, 1.54) is 6.08 Å². The first kappa shape index (κ1) is 13.7. The van der Waals surface area contributed by atoms with E-state index in [2.05, 4.69) is 5.32 Å². The molecule has 0 radical (unpaired) electrons. The average Bonchev–Trinajstić information content (AvgIpc) is 2.82. The van der Waals surface area contributed by atoms with Gasteiger partial charge in [-0.1, -0.05) is 24.3 Å². The number of carbonyl (C=O) groups excluding carboxylic acids is 1. The molecule has 2 N–H and O–H groups in total. The Bertz CT molecular complexity index is 382. The summed E-state index contributed by atoms with van der Waals surface area (Å²) >= 11 is 1.58. The van der Waals surface area contributed by atoms with Crippen LogP contribution in [-0.2, 0) is 4.79 Å². The number of rotatable bonds is 6. The van der Waals surface area contributed by atoms with Crippen molar-refractivity contribution in [1.82, 2.24) is 5.32 Å². The van der Waals surface area contributed by atoms with E-state index in [0.29, 0.717) is 6.42 Å². The van der Waals surface area contributed by atoms with Gasteiger partial charge in [0.15, 0.2) is 0 Å². The number of thiophene rings is 1. The Hall–Kier alpha value is -1.39. The molecule has 0 saturated carbocycles. The van der Waals surface area contributed by atoms with E-state index < -0.39 is 0 Å². The van der Waals surface area contributed by atoms with E-state index in [1.54, 1.807) is 23.5 Å². The number of aliphatic hydroxyl groups is 1. The lowest BCUT2D eigenvalue weighted by Gasteiger charge is -2.14. The second kappa shape index (κ2) is 7.81. The van der Waals surface area contributed by atoms with Crippen LogP contribution in [0.2, 0.25) is 0 Å². The summed E-state index contributed by atoms with van der Waals surface area (Å²) < 4.78 is 0. The highest BCUT2D eigenvalue weighted by molar-refractivity contribution is 7.10. The van der Waals surface area contributed by atoms with Gasteiger partial charge in [0.25, 0.3) is 0 Å². The van der Waals surface area contributed by atoms with Crippen LogP contribution in [0, 0.1) is 0 Å². The van der Waals surface area contributed by atoms with Gasteiger partial charge in [-0.15, -0.1) is 11.3 Å². The Kier molecular flexibility index (Phi) is 6.29. The molecule has 1 unspecified atom stereocenters. The molecule has 0 aliphatic heterocycles. The Morgan fingerprint density at radius 2 is 2.41 bits per heavy atom. The normalized spacial score (nSPS) is 13.3. The fourth-order valence-electron chi connectivity index (χ4n) is 1.38. The Morgan fingerprint density at radius 3 is 3.00 bits per heavy atom. The SMILES string of the molecule is C/C=C/C=C/C(=O)NC(CCO)c1cccs1. The maximum atomic E-state index is 11.6. The molecule has 1 heterocycles. The zero-order valence-electron chi connectivity index (χ0n) is 9.80. The topological polar surface area (TPSA) is 49.3 Å². The first-order valence-corrected chi connectivity index (χ1v) is 6.40. The maximum absolute atomic E-state index is 11.6. The number of allylic oxidation sites excluding steroid dienone is 3. The summed E-state index contributed by atoms with van der Waals surface area (Å²) in [6.45, 7) is 1.95. The highest BCUT2D eigenvalue weighted by Crippen LogP contribution is 2.21. The molecule has 1 atom stereocenters. The number of amides is 1. The summed E-state index contributed by atoms with van der Waals surface area (Å²) in [6, 6.07) is 3.79. The third kappa shape index (κ3) is 4.97. The van der Waals surface area contributed by atoms with Crippen molar-refractivity contribution in [2.75, 3.05) is 6.61 Å². The predicted octanol–water partition coefficient (Wildman–Crippen LogP) is 2.42. The van der Waals surface area contributed by atoms with Crippen molar-refractivity contribution in [3.05, 3.63) is 46.7 Å². The molecule has 0 bridgehead atoms. The lowest BCUT2D eigenvalue weighted by atomic mass is 10.2. The Labute approximate surface area is 105 Å². The highest BCUT2D eigenvalue weighted by atomic mass is 32.1. The molecule has 4 heteroatoms. The molecule has 3 nitrogen and oxygen atoms in total. The van der Waals surface area contributed by atoms with Crippen molar-refractivity contribution in [1.29, 1.82) is 0 Å². The largest absolute Gasteiger partial charge is 0.396 e. The van der Waals surface area contributed by atoms with Crippen LogP contribution in [0.15, 0.2) is 41.8 Å². The van der Waals surface area contributed by atoms with Crippen molar-refractivity contribution < 1.29 is 9.90 Å². The summed E-state index contributed by atoms with van der Waals surface area (Å²) in [5, 5.41) is 13.8. The average molecular weight is 251 g/mol.